The first-order valence-electron chi connectivity index (χ1n) is 3.22. The number of rotatable bonds is 2. The van der Waals surface area contributed by atoms with Gasteiger partial charge in [-0.15, -0.1) is 3.89 Å². The van der Waals surface area contributed by atoms with Gasteiger partial charge in [0.15, 0.2) is 11.0 Å². The van der Waals surface area contributed by atoms with Crippen LogP contribution in [0, 0.1) is 5.82 Å². The number of pyridine rings is 1. The van der Waals surface area contributed by atoms with E-state index in [-0.39, 0.29) is 10.7 Å². The minimum absolute atomic E-state index is 0.268. The van der Waals surface area contributed by atoms with Gasteiger partial charge in [-0.1, -0.05) is 23.2 Å². The molecule has 0 aromatic carbocycles. The predicted octanol–water partition coefficient (Wildman–Crippen LogP) is 2.33. The monoisotopic (exact) mass is 261 g/mol. The first-order valence-corrected chi connectivity index (χ1v) is 5.53. The third-order valence-corrected chi connectivity index (χ3v) is 2.54. The highest BCUT2D eigenvalue weighted by molar-refractivity contribution is 7.85. The Hall–Kier alpha value is -0.460. The number of hydrogen-bond acceptors (Lipinski definition) is 3. The third-order valence-electron chi connectivity index (χ3n) is 1.29. The molecule has 0 radical (unpaired) electrons. The van der Waals surface area contributed by atoms with Gasteiger partial charge in [-0.25, -0.2) is 9.37 Å². The zero-order valence-electron chi connectivity index (χ0n) is 6.47. The van der Waals surface area contributed by atoms with Gasteiger partial charge in [0.25, 0.3) is 0 Å². The van der Waals surface area contributed by atoms with Gasteiger partial charge < -0.3 is 0 Å². The van der Waals surface area contributed by atoms with Crippen molar-refractivity contribution in [2.45, 2.75) is 5.75 Å². The molecule has 0 atom stereocenters. The van der Waals surface area contributed by atoms with Crippen LogP contribution >= 0.6 is 23.2 Å². The summed E-state index contributed by atoms with van der Waals surface area (Å²) in [4.78, 5) is 3.28. The van der Waals surface area contributed by atoms with Crippen molar-refractivity contribution in [1.29, 1.82) is 0 Å². The fourth-order valence-corrected chi connectivity index (χ4v) is 1.83. The summed E-state index contributed by atoms with van der Waals surface area (Å²) in [7, 11) is -4.76. The van der Waals surface area contributed by atoms with Gasteiger partial charge in [-0.05, 0) is 6.07 Å². The van der Waals surface area contributed by atoms with Crippen molar-refractivity contribution >= 4 is 33.4 Å². The third kappa shape index (κ3) is 3.04. The van der Waals surface area contributed by atoms with Gasteiger partial charge in [0.05, 0.1) is 0 Å². The van der Waals surface area contributed by atoms with E-state index in [1.54, 1.807) is 0 Å². The van der Waals surface area contributed by atoms with Crippen molar-refractivity contribution in [2.75, 3.05) is 0 Å². The average molecular weight is 262 g/mol. The van der Waals surface area contributed by atoms with Crippen LogP contribution in [0.3, 0.4) is 0 Å². The van der Waals surface area contributed by atoms with Gasteiger partial charge in [0, 0.05) is 5.56 Å². The summed E-state index contributed by atoms with van der Waals surface area (Å²) in [5, 5.41) is -0.826. The Morgan fingerprint density at radius 3 is 2.43 bits per heavy atom. The summed E-state index contributed by atoms with van der Waals surface area (Å²) in [6, 6.07) is 0.731. The molecule has 0 saturated carbocycles. The van der Waals surface area contributed by atoms with E-state index in [0.717, 1.165) is 6.07 Å². The van der Waals surface area contributed by atoms with Crippen LogP contribution in [-0.4, -0.2) is 13.4 Å². The van der Waals surface area contributed by atoms with Gasteiger partial charge in [-0.2, -0.15) is 8.42 Å². The molecule has 0 unspecified atom stereocenters. The molecule has 14 heavy (non-hydrogen) atoms. The molecule has 3 nitrogen and oxygen atoms in total. The van der Waals surface area contributed by atoms with E-state index in [1.807, 2.05) is 0 Å². The van der Waals surface area contributed by atoms with Crippen molar-refractivity contribution in [2.24, 2.45) is 0 Å². The van der Waals surface area contributed by atoms with Gasteiger partial charge in [0.1, 0.15) is 10.9 Å². The van der Waals surface area contributed by atoms with Crippen LogP contribution in [0.2, 0.25) is 10.3 Å². The molecule has 78 valence electrons. The molecule has 0 saturated heterocycles. The highest BCUT2D eigenvalue weighted by Gasteiger charge is 2.15. The Labute approximate surface area is 88.9 Å². The lowest BCUT2D eigenvalue weighted by Crippen LogP contribution is -1.99. The zero-order valence-corrected chi connectivity index (χ0v) is 8.80. The minimum atomic E-state index is -4.76. The normalized spacial score (nSPS) is 11.7. The maximum atomic E-state index is 12.8. The highest BCUT2D eigenvalue weighted by Crippen LogP contribution is 2.22. The highest BCUT2D eigenvalue weighted by atomic mass is 35.5. The molecule has 0 N–H and O–H groups in total. The first kappa shape index (κ1) is 11.6. The Morgan fingerprint density at radius 2 is 1.93 bits per heavy atom. The fourth-order valence-electron chi connectivity index (χ4n) is 0.770. The number of hydrogen-bond donors (Lipinski definition) is 0. The molecule has 1 heterocycles. The molecule has 0 spiro atoms. The van der Waals surface area contributed by atoms with E-state index < -0.39 is 26.9 Å². The lowest BCUT2D eigenvalue weighted by molar-refractivity contribution is 0.550. The van der Waals surface area contributed by atoms with Crippen LogP contribution < -0.4 is 0 Å². The smallest absolute Gasteiger partial charge is 0.221 e. The van der Waals surface area contributed by atoms with Crippen LogP contribution in [0.5, 0.6) is 0 Å². The molecular weight excluding hydrogens is 259 g/mol. The Bertz CT molecular complexity index is 463. The van der Waals surface area contributed by atoms with Crippen LogP contribution in [0.1, 0.15) is 5.56 Å². The number of aromatic nitrogens is 1. The quantitative estimate of drug-likeness (QED) is 0.607. The van der Waals surface area contributed by atoms with Crippen molar-refractivity contribution in [3.63, 3.8) is 0 Å². The van der Waals surface area contributed by atoms with Crippen LogP contribution in [0.15, 0.2) is 6.07 Å². The molecular formula is C6H3Cl2F2NO2S. The minimum Gasteiger partial charge on any atom is -0.221 e. The van der Waals surface area contributed by atoms with E-state index in [2.05, 4.69) is 4.98 Å². The second kappa shape index (κ2) is 3.96. The number of halogens is 4. The van der Waals surface area contributed by atoms with Gasteiger partial charge in [-0.3, -0.25) is 0 Å². The lowest BCUT2D eigenvalue weighted by atomic mass is 10.3. The standard InChI is InChI=1S/C6H3Cl2F2NO2S/c7-5-3(2-14(10,12)13)1-4(9)6(8)11-5/h1H,2H2. The summed E-state index contributed by atoms with van der Waals surface area (Å²) in [6.07, 6.45) is 0. The summed E-state index contributed by atoms with van der Waals surface area (Å²) >= 11 is 10.7. The van der Waals surface area contributed by atoms with Crippen LogP contribution in [0.4, 0.5) is 8.28 Å². The summed E-state index contributed by atoms with van der Waals surface area (Å²) in [6.45, 7) is 0. The van der Waals surface area contributed by atoms with Gasteiger partial charge in [0.2, 0.25) is 0 Å². The average Bonchev–Trinajstić information content (AvgIpc) is 1.97. The first-order chi connectivity index (χ1) is 6.29. The van der Waals surface area contributed by atoms with E-state index in [9.17, 15) is 16.7 Å². The van der Waals surface area contributed by atoms with Crippen LogP contribution in [0.25, 0.3) is 0 Å². The molecule has 8 heteroatoms. The van der Waals surface area contributed by atoms with Crippen molar-refractivity contribution in [3.8, 4) is 0 Å². The van der Waals surface area contributed by atoms with E-state index in [4.69, 9.17) is 23.2 Å². The number of nitrogens with zero attached hydrogens (tertiary/aromatic N) is 1. The van der Waals surface area contributed by atoms with Gasteiger partial charge >= 0.3 is 10.2 Å². The molecule has 0 amide bonds. The SMILES string of the molecule is O=S(=O)(F)Cc1cc(F)c(Cl)nc1Cl. The fraction of sp³-hybridized carbons (Fsp3) is 0.167. The summed E-state index contributed by atoms with van der Waals surface area (Å²) in [5.41, 5.74) is -0.268. The summed E-state index contributed by atoms with van der Waals surface area (Å²) < 4.78 is 45.5. The maximum Gasteiger partial charge on any atom is 0.306 e. The molecule has 0 aliphatic carbocycles. The molecule has 0 aliphatic heterocycles. The maximum absolute atomic E-state index is 12.8. The Kier molecular flexibility index (Phi) is 3.28. The molecule has 0 bridgehead atoms. The lowest BCUT2D eigenvalue weighted by Gasteiger charge is -2.01. The largest absolute Gasteiger partial charge is 0.306 e. The Balaban J connectivity index is 3.17. The second-order valence-electron chi connectivity index (χ2n) is 2.39. The molecule has 1 rings (SSSR count). The van der Waals surface area contributed by atoms with E-state index in [1.165, 1.54) is 0 Å². The van der Waals surface area contributed by atoms with Crippen molar-refractivity contribution < 1.29 is 16.7 Å². The van der Waals surface area contributed by atoms with E-state index in [0.29, 0.717) is 0 Å². The predicted molar refractivity (Wildman–Crippen MR) is 47.9 cm³/mol. The van der Waals surface area contributed by atoms with E-state index >= 15 is 0 Å². The zero-order chi connectivity index (χ0) is 10.9. The van der Waals surface area contributed by atoms with Crippen LogP contribution in [-0.2, 0) is 16.0 Å². The summed E-state index contributed by atoms with van der Waals surface area (Å²) in [5.74, 6) is -1.97. The molecule has 0 fully saturated rings. The van der Waals surface area contributed by atoms with Crippen molar-refractivity contribution in [3.05, 3.63) is 27.8 Å². The molecule has 0 aliphatic rings. The molecule has 1 aromatic rings. The topological polar surface area (TPSA) is 47.0 Å². The Morgan fingerprint density at radius 1 is 1.36 bits per heavy atom. The van der Waals surface area contributed by atoms with Crippen molar-refractivity contribution in [1.82, 2.24) is 4.98 Å². The second-order valence-corrected chi connectivity index (χ2v) is 4.48. The molecule has 1 aromatic heterocycles.